The van der Waals surface area contributed by atoms with Gasteiger partial charge >= 0.3 is 6.09 Å². The fourth-order valence-corrected chi connectivity index (χ4v) is 2.82. The minimum absolute atomic E-state index is 0.0602. The van der Waals surface area contributed by atoms with E-state index in [4.69, 9.17) is 4.74 Å². The van der Waals surface area contributed by atoms with E-state index in [1.165, 1.54) is 0 Å². The summed E-state index contributed by atoms with van der Waals surface area (Å²) in [5.74, 6) is -0.0602. The number of cyclic esters (lactones) is 1. The molecule has 1 aliphatic heterocycles. The van der Waals surface area contributed by atoms with Crippen molar-refractivity contribution < 1.29 is 14.3 Å². The SMILES string of the molecule is Cc1ccc(NC(=O)CC(C)n2cccc2)cc1N1CCOC1=O. The Balaban J connectivity index is 1.69. The molecule has 3 rings (SSSR count). The Morgan fingerprint density at radius 3 is 2.75 bits per heavy atom. The quantitative estimate of drug-likeness (QED) is 0.916. The molecule has 1 unspecified atom stereocenters. The van der Waals surface area contributed by atoms with Crippen LogP contribution in [0.1, 0.15) is 24.9 Å². The van der Waals surface area contributed by atoms with Crippen LogP contribution in [0.4, 0.5) is 16.2 Å². The van der Waals surface area contributed by atoms with Crippen molar-refractivity contribution in [1.82, 2.24) is 4.57 Å². The highest BCUT2D eigenvalue weighted by atomic mass is 16.6. The summed E-state index contributed by atoms with van der Waals surface area (Å²) < 4.78 is 6.99. The number of aryl methyl sites for hydroxylation is 1. The van der Waals surface area contributed by atoms with E-state index in [-0.39, 0.29) is 18.0 Å². The van der Waals surface area contributed by atoms with Crippen molar-refractivity contribution in [3.05, 3.63) is 48.3 Å². The van der Waals surface area contributed by atoms with Gasteiger partial charge in [-0.05, 0) is 43.7 Å². The van der Waals surface area contributed by atoms with E-state index in [0.717, 1.165) is 11.3 Å². The van der Waals surface area contributed by atoms with Gasteiger partial charge < -0.3 is 14.6 Å². The van der Waals surface area contributed by atoms with Crippen LogP contribution in [0.25, 0.3) is 0 Å². The van der Waals surface area contributed by atoms with E-state index < -0.39 is 0 Å². The Labute approximate surface area is 141 Å². The lowest BCUT2D eigenvalue weighted by atomic mass is 10.1. The minimum Gasteiger partial charge on any atom is -0.447 e. The van der Waals surface area contributed by atoms with E-state index >= 15 is 0 Å². The molecule has 2 amide bonds. The van der Waals surface area contributed by atoms with Gasteiger partial charge in [0.05, 0.1) is 12.2 Å². The lowest BCUT2D eigenvalue weighted by molar-refractivity contribution is -0.116. The molecule has 0 aliphatic carbocycles. The zero-order chi connectivity index (χ0) is 17.1. The molecule has 24 heavy (non-hydrogen) atoms. The first-order valence-corrected chi connectivity index (χ1v) is 8.02. The zero-order valence-corrected chi connectivity index (χ0v) is 13.9. The Bertz CT molecular complexity index is 740. The average molecular weight is 327 g/mol. The summed E-state index contributed by atoms with van der Waals surface area (Å²) in [5.41, 5.74) is 2.42. The van der Waals surface area contributed by atoms with E-state index in [2.05, 4.69) is 5.32 Å². The van der Waals surface area contributed by atoms with Crippen LogP contribution >= 0.6 is 0 Å². The molecule has 126 valence electrons. The first-order valence-electron chi connectivity index (χ1n) is 8.02. The van der Waals surface area contributed by atoms with Crippen LogP contribution in [0.5, 0.6) is 0 Å². The summed E-state index contributed by atoms with van der Waals surface area (Å²) in [6.07, 6.45) is 3.92. The molecule has 1 saturated heterocycles. The van der Waals surface area contributed by atoms with Crippen LogP contribution in [0.2, 0.25) is 0 Å². The molecule has 0 radical (unpaired) electrons. The highest BCUT2D eigenvalue weighted by Crippen LogP contribution is 2.27. The third kappa shape index (κ3) is 3.42. The van der Waals surface area contributed by atoms with Gasteiger partial charge in [-0.25, -0.2) is 4.79 Å². The number of carbonyl (C=O) groups is 2. The summed E-state index contributed by atoms with van der Waals surface area (Å²) in [5, 5.41) is 2.91. The van der Waals surface area contributed by atoms with Gasteiger partial charge in [0.15, 0.2) is 0 Å². The predicted octanol–water partition coefficient (Wildman–Crippen LogP) is 3.34. The number of nitrogens with zero attached hydrogens (tertiary/aromatic N) is 2. The highest BCUT2D eigenvalue weighted by molar-refractivity contribution is 5.94. The van der Waals surface area contributed by atoms with Crippen molar-refractivity contribution in [2.45, 2.75) is 26.3 Å². The summed E-state index contributed by atoms with van der Waals surface area (Å²) in [6.45, 7) is 4.85. The Morgan fingerprint density at radius 1 is 1.33 bits per heavy atom. The second-order valence-corrected chi connectivity index (χ2v) is 6.00. The number of amides is 2. The molecular weight excluding hydrogens is 306 g/mol. The topological polar surface area (TPSA) is 63.6 Å². The van der Waals surface area contributed by atoms with Gasteiger partial charge in [0.25, 0.3) is 0 Å². The second-order valence-electron chi connectivity index (χ2n) is 6.00. The van der Waals surface area contributed by atoms with Gasteiger partial charge in [0, 0.05) is 30.5 Å². The van der Waals surface area contributed by atoms with Gasteiger partial charge in [0.1, 0.15) is 6.61 Å². The van der Waals surface area contributed by atoms with Crippen LogP contribution < -0.4 is 10.2 Å². The number of aromatic nitrogens is 1. The molecule has 2 aromatic rings. The van der Waals surface area contributed by atoms with Crippen molar-refractivity contribution in [3.8, 4) is 0 Å². The van der Waals surface area contributed by atoms with Crippen LogP contribution in [0.3, 0.4) is 0 Å². The molecule has 1 aromatic carbocycles. The predicted molar refractivity (Wildman–Crippen MR) is 92.3 cm³/mol. The number of anilines is 2. The van der Waals surface area contributed by atoms with E-state index in [0.29, 0.717) is 25.3 Å². The van der Waals surface area contributed by atoms with Crippen LogP contribution in [0, 0.1) is 6.92 Å². The van der Waals surface area contributed by atoms with E-state index in [9.17, 15) is 9.59 Å². The van der Waals surface area contributed by atoms with Gasteiger partial charge in [-0.3, -0.25) is 9.69 Å². The van der Waals surface area contributed by atoms with Gasteiger partial charge in [0.2, 0.25) is 5.91 Å². The van der Waals surface area contributed by atoms with Crippen LogP contribution in [-0.2, 0) is 9.53 Å². The summed E-state index contributed by atoms with van der Waals surface area (Å²) in [4.78, 5) is 25.6. The van der Waals surface area contributed by atoms with Gasteiger partial charge in [-0.15, -0.1) is 0 Å². The number of hydrogen-bond donors (Lipinski definition) is 1. The normalized spacial score (nSPS) is 15.2. The number of benzene rings is 1. The maximum Gasteiger partial charge on any atom is 0.414 e. The Kier molecular flexibility index (Phi) is 4.55. The molecule has 0 spiro atoms. The lowest BCUT2D eigenvalue weighted by Crippen LogP contribution is -2.24. The number of ether oxygens (including phenoxy) is 1. The van der Waals surface area contributed by atoms with Crippen molar-refractivity contribution in [2.24, 2.45) is 0 Å². The maximum atomic E-state index is 12.3. The summed E-state index contributed by atoms with van der Waals surface area (Å²) in [6, 6.07) is 9.52. The summed E-state index contributed by atoms with van der Waals surface area (Å²) >= 11 is 0. The number of hydrogen-bond acceptors (Lipinski definition) is 3. The van der Waals surface area contributed by atoms with Crippen LogP contribution in [-0.4, -0.2) is 29.7 Å². The van der Waals surface area contributed by atoms with Crippen molar-refractivity contribution >= 4 is 23.4 Å². The molecule has 2 heterocycles. The molecule has 1 N–H and O–H groups in total. The molecule has 1 atom stereocenters. The molecule has 1 aliphatic rings. The molecule has 1 aromatic heterocycles. The highest BCUT2D eigenvalue weighted by Gasteiger charge is 2.25. The van der Waals surface area contributed by atoms with Crippen LogP contribution in [0.15, 0.2) is 42.7 Å². The molecule has 6 heteroatoms. The third-order valence-electron chi connectivity index (χ3n) is 4.16. The average Bonchev–Trinajstić information content (AvgIpc) is 3.20. The first kappa shape index (κ1) is 16.1. The molecule has 0 saturated carbocycles. The second kappa shape index (κ2) is 6.78. The number of rotatable bonds is 5. The Morgan fingerprint density at radius 2 is 2.08 bits per heavy atom. The van der Waals surface area contributed by atoms with Gasteiger partial charge in [-0.2, -0.15) is 0 Å². The monoisotopic (exact) mass is 327 g/mol. The van der Waals surface area contributed by atoms with Gasteiger partial charge in [-0.1, -0.05) is 6.07 Å². The fourth-order valence-electron chi connectivity index (χ4n) is 2.82. The number of nitrogens with one attached hydrogen (secondary N) is 1. The molecule has 0 bridgehead atoms. The minimum atomic E-state index is -0.345. The van der Waals surface area contributed by atoms with E-state index in [1.807, 2.05) is 61.1 Å². The molecule has 6 nitrogen and oxygen atoms in total. The van der Waals surface area contributed by atoms with E-state index in [1.54, 1.807) is 4.90 Å². The first-order chi connectivity index (χ1) is 11.5. The molecule has 1 fully saturated rings. The number of carbonyl (C=O) groups excluding carboxylic acids is 2. The fraction of sp³-hybridized carbons (Fsp3) is 0.333. The van der Waals surface area contributed by atoms with Crippen molar-refractivity contribution in [2.75, 3.05) is 23.4 Å². The standard InChI is InChI=1S/C18H21N3O3/c1-13-5-6-15(12-16(13)21-9-10-24-18(21)23)19-17(22)11-14(2)20-7-3-4-8-20/h3-8,12,14H,9-11H2,1-2H3,(H,19,22). The smallest absolute Gasteiger partial charge is 0.414 e. The zero-order valence-electron chi connectivity index (χ0n) is 13.9. The van der Waals surface area contributed by atoms with Crippen molar-refractivity contribution in [3.63, 3.8) is 0 Å². The van der Waals surface area contributed by atoms with Crippen molar-refractivity contribution in [1.29, 1.82) is 0 Å². The maximum absolute atomic E-state index is 12.3. The largest absolute Gasteiger partial charge is 0.447 e. The lowest BCUT2D eigenvalue weighted by Gasteiger charge is -2.18. The summed E-state index contributed by atoms with van der Waals surface area (Å²) in [7, 11) is 0. The Hall–Kier alpha value is -2.76. The third-order valence-corrected chi connectivity index (χ3v) is 4.16. The molecular formula is C18H21N3O3.